The monoisotopic (exact) mass is 283 g/mol. The smallest absolute Gasteiger partial charge is 0.410 e. The summed E-state index contributed by atoms with van der Waals surface area (Å²) in [6, 6.07) is 0. The molecule has 0 saturated carbocycles. The third-order valence-corrected chi connectivity index (χ3v) is 2.95. The first-order chi connectivity index (χ1) is 8.07. The lowest BCUT2D eigenvalue weighted by atomic mass is 10.2. The summed E-state index contributed by atoms with van der Waals surface area (Å²) in [5.41, 5.74) is -0.628. The summed E-state index contributed by atoms with van der Waals surface area (Å²) in [4.78, 5) is 13.1. The summed E-state index contributed by atoms with van der Waals surface area (Å²) in [5, 5.41) is 0. The molecule has 0 N–H and O–H groups in total. The summed E-state index contributed by atoms with van der Waals surface area (Å²) in [6.45, 7) is 5.67. The topological polar surface area (TPSA) is 72.9 Å². The third kappa shape index (κ3) is 5.63. The zero-order valence-electron chi connectivity index (χ0n) is 10.7. The quantitative estimate of drug-likeness (QED) is 0.705. The van der Waals surface area contributed by atoms with Crippen LogP contribution in [0.2, 0.25) is 0 Å². The molecule has 1 aliphatic rings. The van der Waals surface area contributed by atoms with Crippen LogP contribution in [0.3, 0.4) is 0 Å². The Kier molecular flexibility index (Phi) is 4.55. The lowest BCUT2D eigenvalue weighted by Gasteiger charge is -2.33. The zero-order chi connectivity index (χ0) is 14.0. The molecule has 0 aromatic heterocycles. The van der Waals surface area contributed by atoms with E-state index in [9.17, 15) is 17.1 Å². The second kappa shape index (κ2) is 5.40. The number of amides is 1. The first kappa shape index (κ1) is 15.2. The molecular formula is C10H18FNO5S. The first-order valence-corrected chi connectivity index (χ1v) is 7.14. The summed E-state index contributed by atoms with van der Waals surface area (Å²) in [7, 11) is -4.61. The minimum atomic E-state index is -4.61. The molecule has 1 aliphatic heterocycles. The van der Waals surface area contributed by atoms with Crippen LogP contribution in [0.4, 0.5) is 8.68 Å². The number of rotatable bonds is 2. The maximum Gasteiger partial charge on any atom is 0.410 e. The van der Waals surface area contributed by atoms with E-state index in [1.165, 1.54) is 4.90 Å². The molecule has 8 heteroatoms. The molecule has 0 aromatic rings. The highest BCUT2D eigenvalue weighted by Crippen LogP contribution is 2.14. The van der Waals surface area contributed by atoms with Crippen molar-refractivity contribution in [2.45, 2.75) is 32.5 Å². The van der Waals surface area contributed by atoms with Crippen LogP contribution >= 0.6 is 0 Å². The largest absolute Gasteiger partial charge is 0.444 e. The van der Waals surface area contributed by atoms with E-state index in [1.54, 1.807) is 20.8 Å². The van der Waals surface area contributed by atoms with Crippen molar-refractivity contribution in [1.29, 1.82) is 0 Å². The molecule has 1 heterocycles. The molecule has 0 aromatic carbocycles. The average molecular weight is 283 g/mol. The van der Waals surface area contributed by atoms with Gasteiger partial charge in [-0.1, -0.05) is 0 Å². The van der Waals surface area contributed by atoms with E-state index >= 15 is 0 Å². The van der Waals surface area contributed by atoms with Gasteiger partial charge in [0.1, 0.15) is 11.4 Å². The van der Waals surface area contributed by atoms with Gasteiger partial charge in [-0.15, -0.1) is 3.89 Å². The molecule has 1 amide bonds. The SMILES string of the molecule is CC(C)(C)OC(=O)N1CCOC(CS(=O)(=O)F)C1. The van der Waals surface area contributed by atoms with E-state index in [4.69, 9.17) is 9.47 Å². The maximum atomic E-state index is 12.5. The Bertz CT molecular complexity index is 403. The Labute approximate surface area is 106 Å². The highest BCUT2D eigenvalue weighted by Gasteiger charge is 2.30. The Morgan fingerprint density at radius 1 is 1.50 bits per heavy atom. The fourth-order valence-electron chi connectivity index (χ4n) is 1.53. The van der Waals surface area contributed by atoms with Gasteiger partial charge in [0.25, 0.3) is 0 Å². The number of hydrogen-bond donors (Lipinski definition) is 0. The Morgan fingerprint density at radius 3 is 2.61 bits per heavy atom. The fraction of sp³-hybridized carbons (Fsp3) is 0.900. The van der Waals surface area contributed by atoms with Crippen molar-refractivity contribution in [1.82, 2.24) is 4.90 Å². The van der Waals surface area contributed by atoms with Crippen LogP contribution in [0.25, 0.3) is 0 Å². The zero-order valence-corrected chi connectivity index (χ0v) is 11.5. The van der Waals surface area contributed by atoms with E-state index in [0.717, 1.165) is 0 Å². The van der Waals surface area contributed by atoms with Gasteiger partial charge in [0, 0.05) is 6.54 Å². The molecule has 0 bridgehead atoms. The van der Waals surface area contributed by atoms with Crippen molar-refractivity contribution in [3.63, 3.8) is 0 Å². The van der Waals surface area contributed by atoms with Crippen molar-refractivity contribution >= 4 is 16.3 Å². The van der Waals surface area contributed by atoms with Gasteiger partial charge < -0.3 is 14.4 Å². The summed E-state index contributed by atoms with van der Waals surface area (Å²) < 4.78 is 43.8. The summed E-state index contributed by atoms with van der Waals surface area (Å²) >= 11 is 0. The molecule has 1 atom stereocenters. The molecule has 1 unspecified atom stereocenters. The molecule has 6 nitrogen and oxygen atoms in total. The van der Waals surface area contributed by atoms with E-state index in [-0.39, 0.29) is 13.2 Å². The van der Waals surface area contributed by atoms with Crippen molar-refractivity contribution in [3.05, 3.63) is 0 Å². The van der Waals surface area contributed by atoms with Gasteiger partial charge in [0.15, 0.2) is 0 Å². The minimum absolute atomic E-state index is 0.0120. The van der Waals surface area contributed by atoms with Crippen molar-refractivity contribution in [3.8, 4) is 0 Å². The molecule has 0 radical (unpaired) electrons. The number of halogens is 1. The van der Waals surface area contributed by atoms with Crippen LogP contribution in [0, 0.1) is 0 Å². The van der Waals surface area contributed by atoms with Crippen molar-refractivity contribution < 1.29 is 26.6 Å². The Morgan fingerprint density at radius 2 is 2.11 bits per heavy atom. The highest BCUT2D eigenvalue weighted by molar-refractivity contribution is 7.86. The predicted molar refractivity (Wildman–Crippen MR) is 62.4 cm³/mol. The van der Waals surface area contributed by atoms with Crippen LogP contribution in [0.1, 0.15) is 20.8 Å². The van der Waals surface area contributed by atoms with Gasteiger partial charge in [0.05, 0.1) is 19.3 Å². The standard InChI is InChI=1S/C10H18FNO5S/c1-10(2,3)17-9(13)12-4-5-16-8(6-12)7-18(11,14)15/h8H,4-7H2,1-3H3. The van der Waals surface area contributed by atoms with Crippen LogP contribution in [-0.4, -0.2) is 56.6 Å². The van der Waals surface area contributed by atoms with Gasteiger partial charge in [-0.2, -0.15) is 8.42 Å². The van der Waals surface area contributed by atoms with E-state index < -0.39 is 33.8 Å². The van der Waals surface area contributed by atoms with Crippen LogP contribution in [-0.2, 0) is 19.7 Å². The molecule has 0 spiro atoms. The van der Waals surface area contributed by atoms with E-state index in [1.807, 2.05) is 0 Å². The number of nitrogens with zero attached hydrogens (tertiary/aromatic N) is 1. The second-order valence-corrected chi connectivity index (χ2v) is 6.54. The summed E-state index contributed by atoms with van der Waals surface area (Å²) in [5.74, 6) is -0.744. The van der Waals surface area contributed by atoms with E-state index in [0.29, 0.717) is 6.54 Å². The normalized spacial score (nSPS) is 21.8. The van der Waals surface area contributed by atoms with Crippen molar-refractivity contribution in [2.24, 2.45) is 0 Å². The van der Waals surface area contributed by atoms with Gasteiger partial charge >= 0.3 is 16.3 Å². The molecule has 18 heavy (non-hydrogen) atoms. The Balaban J connectivity index is 2.56. The highest BCUT2D eigenvalue weighted by atomic mass is 32.3. The predicted octanol–water partition coefficient (Wildman–Crippen LogP) is 0.922. The average Bonchev–Trinajstić information content (AvgIpc) is 2.12. The third-order valence-electron chi connectivity index (χ3n) is 2.18. The number of hydrogen-bond acceptors (Lipinski definition) is 5. The number of morpholine rings is 1. The second-order valence-electron chi connectivity index (χ2n) is 5.12. The van der Waals surface area contributed by atoms with E-state index in [2.05, 4.69) is 0 Å². The molecular weight excluding hydrogens is 265 g/mol. The maximum absolute atomic E-state index is 12.5. The van der Waals surface area contributed by atoms with Gasteiger partial charge in [-0.3, -0.25) is 0 Å². The van der Waals surface area contributed by atoms with Gasteiger partial charge in [0.2, 0.25) is 0 Å². The summed E-state index contributed by atoms with van der Waals surface area (Å²) in [6.07, 6.45) is -1.40. The number of ether oxygens (including phenoxy) is 2. The molecule has 1 rings (SSSR count). The van der Waals surface area contributed by atoms with Crippen molar-refractivity contribution in [2.75, 3.05) is 25.4 Å². The first-order valence-electron chi connectivity index (χ1n) is 5.59. The Hall–Kier alpha value is -0.890. The van der Waals surface area contributed by atoms with Crippen LogP contribution in [0.5, 0.6) is 0 Å². The fourth-order valence-corrected chi connectivity index (χ4v) is 2.18. The molecule has 106 valence electrons. The number of carbonyl (C=O) groups excluding carboxylic acids is 1. The number of carbonyl (C=O) groups is 1. The van der Waals surface area contributed by atoms with Crippen LogP contribution < -0.4 is 0 Å². The van der Waals surface area contributed by atoms with Crippen LogP contribution in [0.15, 0.2) is 0 Å². The molecule has 1 fully saturated rings. The lowest BCUT2D eigenvalue weighted by Crippen LogP contribution is -2.49. The van der Waals surface area contributed by atoms with Gasteiger partial charge in [-0.25, -0.2) is 4.79 Å². The molecule has 1 saturated heterocycles. The lowest BCUT2D eigenvalue weighted by molar-refractivity contribution is -0.0345. The minimum Gasteiger partial charge on any atom is -0.444 e. The van der Waals surface area contributed by atoms with Gasteiger partial charge in [-0.05, 0) is 20.8 Å². The molecule has 0 aliphatic carbocycles.